The van der Waals surface area contributed by atoms with Gasteiger partial charge in [0, 0.05) is 19.1 Å². The molecule has 1 aromatic rings. The number of halogens is 1. The summed E-state index contributed by atoms with van der Waals surface area (Å²) in [4.78, 5) is 12.0. The first-order chi connectivity index (χ1) is 9.88. The first kappa shape index (κ1) is 17.5. The second kappa shape index (κ2) is 8.04. The van der Waals surface area contributed by atoms with Crippen LogP contribution in [0.4, 0.5) is 5.69 Å². The van der Waals surface area contributed by atoms with Crippen LogP contribution in [-0.4, -0.2) is 30.3 Å². The molecular weight excluding hydrogens is 290 g/mol. The Morgan fingerprint density at radius 3 is 2.81 bits per heavy atom. The Bertz CT molecular complexity index is 558. The van der Waals surface area contributed by atoms with Crippen LogP contribution in [0.1, 0.15) is 32.3 Å². The molecule has 5 heteroatoms. The van der Waals surface area contributed by atoms with E-state index in [4.69, 9.17) is 21.4 Å². The fourth-order valence-corrected chi connectivity index (χ4v) is 1.74. The Labute approximate surface area is 130 Å². The lowest BCUT2D eigenvalue weighted by molar-refractivity contribution is -0.121. The molecule has 0 aliphatic heterocycles. The van der Waals surface area contributed by atoms with E-state index in [-0.39, 0.29) is 18.9 Å². The summed E-state index contributed by atoms with van der Waals surface area (Å²) in [6, 6.07) is 5.16. The normalized spacial score (nSPS) is 10.7. The molecule has 0 unspecified atom stereocenters. The van der Waals surface area contributed by atoms with Crippen LogP contribution >= 0.6 is 11.6 Å². The second-order valence-electron chi connectivity index (χ2n) is 5.16. The summed E-state index contributed by atoms with van der Waals surface area (Å²) in [7, 11) is 1.57. The molecule has 0 aliphatic rings. The zero-order chi connectivity index (χ0) is 15.9. The Morgan fingerprint density at radius 2 is 2.19 bits per heavy atom. The number of rotatable bonds is 5. The van der Waals surface area contributed by atoms with Crippen molar-refractivity contribution in [2.45, 2.75) is 32.3 Å². The third kappa shape index (κ3) is 6.17. The highest BCUT2D eigenvalue weighted by atomic mass is 35.5. The zero-order valence-electron chi connectivity index (χ0n) is 12.5. The first-order valence-corrected chi connectivity index (χ1v) is 7.00. The average Bonchev–Trinajstić information content (AvgIpc) is 2.42. The molecule has 0 spiro atoms. The van der Waals surface area contributed by atoms with Crippen molar-refractivity contribution in [3.8, 4) is 11.8 Å². The number of carbonyl (C=O) groups is 1. The Hall–Kier alpha value is -1.54. The molecule has 0 aliphatic carbocycles. The van der Waals surface area contributed by atoms with E-state index in [1.165, 1.54) is 0 Å². The van der Waals surface area contributed by atoms with E-state index >= 15 is 0 Å². The Kier molecular flexibility index (Phi) is 6.70. The molecule has 1 amide bonds. The number of anilines is 1. The number of aliphatic hydroxyl groups excluding tert-OH is 1. The van der Waals surface area contributed by atoms with Crippen molar-refractivity contribution in [1.29, 1.82) is 0 Å². The first-order valence-electron chi connectivity index (χ1n) is 6.62. The van der Waals surface area contributed by atoms with Gasteiger partial charge < -0.3 is 15.2 Å². The maximum absolute atomic E-state index is 12.0. The van der Waals surface area contributed by atoms with Gasteiger partial charge in [0.25, 0.3) is 0 Å². The predicted octanol–water partition coefficient (Wildman–Crippen LogP) is 2.83. The van der Waals surface area contributed by atoms with Gasteiger partial charge in [-0.1, -0.05) is 23.4 Å². The Balaban J connectivity index is 2.81. The summed E-state index contributed by atoms with van der Waals surface area (Å²) >= 11 is 6.07. The Morgan fingerprint density at radius 1 is 1.48 bits per heavy atom. The summed E-state index contributed by atoms with van der Waals surface area (Å²) in [5, 5.41) is 11.9. The van der Waals surface area contributed by atoms with E-state index in [9.17, 15) is 4.79 Å². The van der Waals surface area contributed by atoms with E-state index in [1.54, 1.807) is 25.3 Å². The largest absolute Gasteiger partial charge is 0.395 e. The van der Waals surface area contributed by atoms with Crippen molar-refractivity contribution >= 4 is 23.2 Å². The van der Waals surface area contributed by atoms with Crippen LogP contribution in [0.25, 0.3) is 0 Å². The lowest BCUT2D eigenvalue weighted by atomic mass is 10.0. The number of methoxy groups -OCH3 is 1. The number of nitrogens with one attached hydrogen (secondary N) is 1. The third-order valence-corrected chi connectivity index (χ3v) is 3.18. The maximum Gasteiger partial charge on any atom is 0.227 e. The molecule has 0 fully saturated rings. The molecule has 0 aromatic heterocycles. The van der Waals surface area contributed by atoms with Gasteiger partial charge in [-0.25, -0.2) is 0 Å². The van der Waals surface area contributed by atoms with E-state index in [0.29, 0.717) is 17.1 Å². The van der Waals surface area contributed by atoms with Gasteiger partial charge in [-0.15, -0.1) is 0 Å². The molecule has 0 atom stereocenters. The predicted molar refractivity (Wildman–Crippen MR) is 84.4 cm³/mol. The second-order valence-corrected chi connectivity index (χ2v) is 5.57. The topological polar surface area (TPSA) is 58.6 Å². The third-order valence-electron chi connectivity index (χ3n) is 2.85. The number of aliphatic hydroxyl groups is 1. The van der Waals surface area contributed by atoms with Crippen molar-refractivity contribution < 1.29 is 14.6 Å². The van der Waals surface area contributed by atoms with Gasteiger partial charge in [-0.05, 0) is 32.0 Å². The molecule has 0 saturated heterocycles. The highest BCUT2D eigenvalue weighted by Crippen LogP contribution is 2.24. The van der Waals surface area contributed by atoms with Gasteiger partial charge in [0.15, 0.2) is 0 Å². The molecule has 1 aromatic carbocycles. The van der Waals surface area contributed by atoms with Gasteiger partial charge >= 0.3 is 0 Å². The van der Waals surface area contributed by atoms with Crippen molar-refractivity contribution in [1.82, 2.24) is 0 Å². The van der Waals surface area contributed by atoms with Gasteiger partial charge in [0.2, 0.25) is 5.91 Å². The van der Waals surface area contributed by atoms with Crippen molar-refractivity contribution in [3.63, 3.8) is 0 Å². The highest BCUT2D eigenvalue weighted by molar-refractivity contribution is 6.33. The number of hydrogen-bond donors (Lipinski definition) is 2. The molecule has 0 heterocycles. The molecule has 1 rings (SSSR count). The summed E-state index contributed by atoms with van der Waals surface area (Å²) < 4.78 is 5.23. The van der Waals surface area contributed by atoms with Crippen LogP contribution in [0.2, 0.25) is 5.02 Å². The summed E-state index contributed by atoms with van der Waals surface area (Å²) in [6.07, 6.45) is 0.632. The van der Waals surface area contributed by atoms with E-state index in [0.717, 1.165) is 5.56 Å². The smallest absolute Gasteiger partial charge is 0.227 e. The quantitative estimate of drug-likeness (QED) is 0.822. The number of benzene rings is 1. The fourth-order valence-electron chi connectivity index (χ4n) is 1.57. The van der Waals surface area contributed by atoms with Crippen LogP contribution < -0.4 is 5.32 Å². The van der Waals surface area contributed by atoms with Crippen LogP contribution in [-0.2, 0) is 9.53 Å². The monoisotopic (exact) mass is 309 g/mol. The van der Waals surface area contributed by atoms with E-state index < -0.39 is 5.60 Å². The number of hydrogen-bond acceptors (Lipinski definition) is 3. The number of ether oxygens (including phenoxy) is 1. The molecule has 0 radical (unpaired) electrons. The molecule has 2 N–H and O–H groups in total. The van der Waals surface area contributed by atoms with E-state index in [2.05, 4.69) is 17.2 Å². The number of amides is 1. The van der Waals surface area contributed by atoms with Gasteiger partial charge in [-0.2, -0.15) is 0 Å². The summed E-state index contributed by atoms with van der Waals surface area (Å²) in [5.74, 6) is 5.55. The fraction of sp³-hybridized carbons (Fsp3) is 0.438. The minimum Gasteiger partial charge on any atom is -0.395 e. The summed E-state index contributed by atoms with van der Waals surface area (Å²) in [6.45, 7) is 3.70. The minimum atomic E-state index is -0.533. The standard InChI is InChI=1S/C16H20ClNO3/c1-16(2,21-3)11-15(20)18-14-10-12(6-4-5-9-19)7-8-13(14)17/h7-8,10,19H,5,9,11H2,1-3H3,(H,18,20). The van der Waals surface area contributed by atoms with Crippen LogP contribution in [0.15, 0.2) is 18.2 Å². The van der Waals surface area contributed by atoms with Crippen molar-refractivity contribution in [3.05, 3.63) is 28.8 Å². The summed E-state index contributed by atoms with van der Waals surface area (Å²) in [5.41, 5.74) is 0.716. The molecular formula is C16H20ClNO3. The highest BCUT2D eigenvalue weighted by Gasteiger charge is 2.21. The molecule has 114 valence electrons. The van der Waals surface area contributed by atoms with Crippen LogP contribution in [0, 0.1) is 11.8 Å². The molecule has 0 bridgehead atoms. The zero-order valence-corrected chi connectivity index (χ0v) is 13.3. The SMILES string of the molecule is COC(C)(C)CC(=O)Nc1cc(C#CCCO)ccc1Cl. The van der Waals surface area contributed by atoms with Crippen molar-refractivity contribution in [2.24, 2.45) is 0 Å². The van der Waals surface area contributed by atoms with E-state index in [1.807, 2.05) is 13.8 Å². The maximum atomic E-state index is 12.0. The lowest BCUT2D eigenvalue weighted by Gasteiger charge is -2.22. The molecule has 4 nitrogen and oxygen atoms in total. The van der Waals surface area contributed by atoms with Crippen molar-refractivity contribution in [2.75, 3.05) is 19.0 Å². The van der Waals surface area contributed by atoms with Crippen LogP contribution in [0.5, 0.6) is 0 Å². The van der Waals surface area contributed by atoms with Crippen LogP contribution in [0.3, 0.4) is 0 Å². The lowest BCUT2D eigenvalue weighted by Crippen LogP contribution is -2.29. The average molecular weight is 310 g/mol. The van der Waals surface area contributed by atoms with Gasteiger partial charge in [0.1, 0.15) is 0 Å². The van der Waals surface area contributed by atoms with Gasteiger partial charge in [0.05, 0.1) is 29.3 Å². The molecule has 21 heavy (non-hydrogen) atoms. The van der Waals surface area contributed by atoms with Gasteiger partial charge in [-0.3, -0.25) is 4.79 Å². The number of carbonyl (C=O) groups excluding carboxylic acids is 1. The minimum absolute atomic E-state index is 0.0241. The molecule has 0 saturated carbocycles.